The van der Waals surface area contributed by atoms with Crippen LogP contribution in [0.4, 0.5) is 5.82 Å². The van der Waals surface area contributed by atoms with Gasteiger partial charge in [0.25, 0.3) is 0 Å². The van der Waals surface area contributed by atoms with Crippen molar-refractivity contribution in [2.45, 2.75) is 13.5 Å². The van der Waals surface area contributed by atoms with Gasteiger partial charge in [-0.15, -0.1) is 5.11 Å². The second-order valence-corrected chi connectivity index (χ2v) is 5.54. The molecule has 0 radical (unpaired) electrons. The molecule has 0 fully saturated rings. The van der Waals surface area contributed by atoms with Crippen LogP contribution in [0.25, 0.3) is 0 Å². The van der Waals surface area contributed by atoms with Crippen LogP contribution >= 0.6 is 31.9 Å². The van der Waals surface area contributed by atoms with Gasteiger partial charge in [0.1, 0.15) is 5.75 Å². The summed E-state index contributed by atoms with van der Waals surface area (Å²) in [6.45, 7) is 2.20. The lowest BCUT2D eigenvalue weighted by atomic mass is 10.1. The summed E-state index contributed by atoms with van der Waals surface area (Å²) in [6.07, 6.45) is 1.66. The molecule has 0 saturated heterocycles. The average molecular weight is 385 g/mol. The smallest absolute Gasteiger partial charge is 0.173 e. The number of hydrogen-bond acceptors (Lipinski definition) is 4. The molecule has 1 aromatic heterocycles. The highest BCUT2D eigenvalue weighted by atomic mass is 79.9. The lowest BCUT2D eigenvalue weighted by Gasteiger charge is -2.08. The number of hydrogen-bond donors (Lipinski definition) is 1. The van der Waals surface area contributed by atoms with Gasteiger partial charge in [0, 0.05) is 16.2 Å². The van der Waals surface area contributed by atoms with Crippen LogP contribution in [0.1, 0.15) is 11.1 Å². The van der Waals surface area contributed by atoms with Gasteiger partial charge in [-0.25, -0.2) is 4.98 Å². The van der Waals surface area contributed by atoms with Crippen LogP contribution < -0.4 is 0 Å². The molecule has 0 unspecified atom stereocenters. The highest BCUT2D eigenvalue weighted by molar-refractivity contribution is 9.11. The van der Waals surface area contributed by atoms with Crippen molar-refractivity contribution in [2.75, 3.05) is 0 Å². The van der Waals surface area contributed by atoms with Gasteiger partial charge >= 0.3 is 0 Å². The summed E-state index contributed by atoms with van der Waals surface area (Å²) in [6, 6.07) is 7.27. The first-order valence-electron chi connectivity index (χ1n) is 5.54. The first kappa shape index (κ1) is 14.1. The van der Waals surface area contributed by atoms with Gasteiger partial charge in [-0.05, 0) is 46.6 Å². The maximum absolute atomic E-state index is 10.0. The van der Waals surface area contributed by atoms with Crippen molar-refractivity contribution >= 4 is 37.7 Å². The largest absolute Gasteiger partial charge is 0.506 e. The van der Waals surface area contributed by atoms with Crippen molar-refractivity contribution < 1.29 is 5.11 Å². The predicted molar refractivity (Wildman–Crippen MR) is 80.7 cm³/mol. The first-order valence-corrected chi connectivity index (χ1v) is 7.13. The standard InChI is InChI=1S/C13H11Br2N3O/c1-8-10(14)6-9(13(19)12(8)15)7-17-18-11-4-2-3-5-16-11/h2-6,19H,7H2,1H3. The Morgan fingerprint density at radius 3 is 2.79 bits per heavy atom. The lowest BCUT2D eigenvalue weighted by molar-refractivity contribution is 0.464. The number of aromatic hydroxyl groups is 1. The third-order valence-corrected chi connectivity index (χ3v) is 4.36. The monoisotopic (exact) mass is 383 g/mol. The molecule has 19 heavy (non-hydrogen) atoms. The van der Waals surface area contributed by atoms with Crippen molar-refractivity contribution in [3.63, 3.8) is 0 Å². The Labute approximate surface area is 127 Å². The lowest BCUT2D eigenvalue weighted by Crippen LogP contribution is -1.88. The topological polar surface area (TPSA) is 57.8 Å². The molecule has 0 amide bonds. The summed E-state index contributed by atoms with van der Waals surface area (Å²) in [5.74, 6) is 0.743. The summed E-state index contributed by atoms with van der Waals surface area (Å²) in [7, 11) is 0. The van der Waals surface area contributed by atoms with Crippen molar-refractivity contribution in [1.82, 2.24) is 4.98 Å². The highest BCUT2D eigenvalue weighted by Crippen LogP contribution is 2.36. The molecule has 98 valence electrons. The summed E-state index contributed by atoms with van der Waals surface area (Å²) >= 11 is 6.80. The van der Waals surface area contributed by atoms with Gasteiger partial charge in [-0.2, -0.15) is 5.11 Å². The Kier molecular flexibility index (Phi) is 4.66. The molecular weight excluding hydrogens is 374 g/mol. The van der Waals surface area contributed by atoms with Gasteiger partial charge in [-0.1, -0.05) is 22.0 Å². The zero-order chi connectivity index (χ0) is 13.8. The van der Waals surface area contributed by atoms with E-state index >= 15 is 0 Å². The van der Waals surface area contributed by atoms with E-state index in [1.807, 2.05) is 25.1 Å². The number of nitrogens with zero attached hydrogens (tertiary/aromatic N) is 3. The number of halogens is 2. The molecule has 2 rings (SSSR count). The van der Waals surface area contributed by atoms with Crippen LogP contribution in [0.15, 0.2) is 49.6 Å². The Hall–Kier alpha value is -1.27. The molecule has 6 heteroatoms. The third-order valence-electron chi connectivity index (χ3n) is 2.56. The normalized spacial score (nSPS) is 11.1. The molecule has 1 aromatic carbocycles. The van der Waals surface area contributed by atoms with Gasteiger partial charge in [0.15, 0.2) is 5.82 Å². The summed E-state index contributed by atoms with van der Waals surface area (Å²) in [5.41, 5.74) is 1.65. The van der Waals surface area contributed by atoms with Crippen LogP contribution in [0.2, 0.25) is 0 Å². The quantitative estimate of drug-likeness (QED) is 0.764. The molecule has 4 nitrogen and oxygen atoms in total. The van der Waals surface area contributed by atoms with Crippen LogP contribution in [0.3, 0.4) is 0 Å². The minimum absolute atomic E-state index is 0.195. The Balaban J connectivity index is 2.19. The fourth-order valence-corrected chi connectivity index (χ4v) is 2.68. The van der Waals surface area contributed by atoms with E-state index < -0.39 is 0 Å². The molecule has 0 aliphatic carbocycles. The zero-order valence-corrected chi connectivity index (χ0v) is 13.3. The highest BCUT2D eigenvalue weighted by Gasteiger charge is 2.11. The molecule has 0 aliphatic rings. The molecule has 0 saturated carbocycles. The van der Waals surface area contributed by atoms with E-state index in [0.717, 1.165) is 10.0 Å². The maximum Gasteiger partial charge on any atom is 0.173 e. The third kappa shape index (κ3) is 3.39. The van der Waals surface area contributed by atoms with Crippen LogP contribution in [-0.2, 0) is 6.54 Å². The number of pyridine rings is 1. The van der Waals surface area contributed by atoms with Crippen molar-refractivity contribution in [3.05, 3.63) is 50.5 Å². The molecular formula is C13H11Br2N3O. The van der Waals surface area contributed by atoms with E-state index in [-0.39, 0.29) is 5.75 Å². The molecule has 0 spiro atoms. The number of phenols is 1. The van der Waals surface area contributed by atoms with E-state index in [0.29, 0.717) is 22.4 Å². The van der Waals surface area contributed by atoms with E-state index in [1.54, 1.807) is 12.3 Å². The minimum atomic E-state index is 0.195. The fraction of sp³-hybridized carbons (Fsp3) is 0.154. The van der Waals surface area contributed by atoms with E-state index in [1.165, 1.54) is 0 Å². The van der Waals surface area contributed by atoms with Crippen LogP contribution in [0.5, 0.6) is 5.75 Å². The van der Waals surface area contributed by atoms with E-state index in [4.69, 9.17) is 0 Å². The molecule has 0 bridgehead atoms. The summed E-state index contributed by atoms with van der Waals surface area (Å²) < 4.78 is 1.59. The first-order chi connectivity index (χ1) is 9.09. The summed E-state index contributed by atoms with van der Waals surface area (Å²) in [5, 5.41) is 18.1. The number of azo groups is 1. The fourth-order valence-electron chi connectivity index (χ4n) is 1.47. The van der Waals surface area contributed by atoms with Gasteiger partial charge in [-0.3, -0.25) is 0 Å². The number of rotatable bonds is 3. The zero-order valence-electron chi connectivity index (χ0n) is 10.1. The molecule has 1 heterocycles. The molecule has 2 aromatic rings. The van der Waals surface area contributed by atoms with Crippen molar-refractivity contribution in [3.8, 4) is 5.75 Å². The molecule has 1 N–H and O–H groups in total. The SMILES string of the molecule is Cc1c(Br)cc(CN=Nc2ccccn2)c(O)c1Br. The Bertz CT molecular complexity index is 615. The number of aromatic nitrogens is 1. The maximum atomic E-state index is 10.0. The number of phenolic OH excluding ortho intramolecular Hbond substituents is 1. The van der Waals surface area contributed by atoms with E-state index in [9.17, 15) is 5.11 Å². The summed E-state index contributed by atoms with van der Waals surface area (Å²) in [4.78, 5) is 4.04. The van der Waals surface area contributed by atoms with Crippen LogP contribution in [0, 0.1) is 6.92 Å². The van der Waals surface area contributed by atoms with Crippen LogP contribution in [-0.4, -0.2) is 10.1 Å². The number of benzene rings is 1. The van der Waals surface area contributed by atoms with E-state index in [2.05, 4.69) is 47.1 Å². The average Bonchev–Trinajstić information content (AvgIpc) is 2.43. The molecule has 0 aliphatic heterocycles. The van der Waals surface area contributed by atoms with Crippen molar-refractivity contribution in [1.29, 1.82) is 0 Å². The van der Waals surface area contributed by atoms with Gasteiger partial charge < -0.3 is 5.11 Å². The second-order valence-electron chi connectivity index (χ2n) is 3.89. The predicted octanol–water partition coefficient (Wildman–Crippen LogP) is 4.90. The molecule has 0 atom stereocenters. The van der Waals surface area contributed by atoms with Crippen molar-refractivity contribution in [2.24, 2.45) is 10.2 Å². The van der Waals surface area contributed by atoms with Gasteiger partial charge in [0.2, 0.25) is 0 Å². The Morgan fingerprint density at radius 1 is 1.32 bits per heavy atom. The van der Waals surface area contributed by atoms with Gasteiger partial charge in [0.05, 0.1) is 11.0 Å². The Morgan fingerprint density at radius 2 is 2.11 bits per heavy atom. The second kappa shape index (κ2) is 6.25. The minimum Gasteiger partial charge on any atom is -0.506 e.